The quantitative estimate of drug-likeness (QED) is 0.704. The van der Waals surface area contributed by atoms with Gasteiger partial charge in [-0.05, 0) is 37.5 Å². The van der Waals surface area contributed by atoms with Crippen LogP contribution in [-0.2, 0) is 10.3 Å². The smallest absolute Gasteiger partial charge is 0.182 e. The van der Waals surface area contributed by atoms with Crippen molar-refractivity contribution in [3.8, 4) is 17.2 Å². The average Bonchev–Trinajstić information content (AvgIpc) is 3.23. The minimum absolute atomic E-state index is 0.133. The summed E-state index contributed by atoms with van der Waals surface area (Å²) in [4.78, 5) is 4.73. The van der Waals surface area contributed by atoms with E-state index >= 15 is 0 Å². The van der Waals surface area contributed by atoms with E-state index in [1.165, 1.54) is 0 Å². The maximum absolute atomic E-state index is 12.2. The molecule has 2 aliphatic heterocycles. The second kappa shape index (κ2) is 6.86. The van der Waals surface area contributed by atoms with Crippen molar-refractivity contribution < 1.29 is 24.1 Å². The molecule has 1 fully saturated rings. The van der Waals surface area contributed by atoms with E-state index < -0.39 is 5.60 Å². The zero-order valence-electron chi connectivity index (χ0n) is 17.6. The maximum atomic E-state index is 12.2. The van der Waals surface area contributed by atoms with E-state index in [9.17, 15) is 5.11 Å². The number of aryl methyl sites for hydroxylation is 1. The Kier molecular flexibility index (Phi) is 4.38. The van der Waals surface area contributed by atoms with Crippen LogP contribution in [0.2, 0.25) is 0 Å². The fourth-order valence-electron chi connectivity index (χ4n) is 5.16. The normalized spacial score (nSPS) is 24.6. The van der Waals surface area contributed by atoms with E-state index in [1.807, 2.05) is 43.3 Å². The number of hydrogen-bond acceptors (Lipinski definition) is 6. The Morgan fingerprint density at radius 2 is 1.73 bits per heavy atom. The van der Waals surface area contributed by atoms with Crippen LogP contribution in [0.4, 0.5) is 0 Å². The number of fused-ring (bicyclic) bond motifs is 6. The van der Waals surface area contributed by atoms with Crippen LogP contribution in [-0.4, -0.2) is 37.5 Å². The first-order chi connectivity index (χ1) is 14.5. The van der Waals surface area contributed by atoms with Gasteiger partial charge in [-0.15, -0.1) is 0 Å². The summed E-state index contributed by atoms with van der Waals surface area (Å²) in [6, 6.07) is 11.5. The first kappa shape index (κ1) is 19.2. The molecule has 0 spiro atoms. The van der Waals surface area contributed by atoms with Gasteiger partial charge in [0.2, 0.25) is 0 Å². The number of para-hydroxylation sites is 1. The fourth-order valence-corrected chi connectivity index (χ4v) is 5.16. The predicted molar refractivity (Wildman–Crippen MR) is 112 cm³/mol. The van der Waals surface area contributed by atoms with E-state index in [0.29, 0.717) is 22.8 Å². The predicted octanol–water partition coefficient (Wildman–Crippen LogP) is 4.04. The fraction of sp³-hybridized carbons (Fsp3) is 0.375. The Hall–Kier alpha value is -2.83. The largest absolute Gasteiger partial charge is 0.496 e. The molecule has 0 saturated carbocycles. The van der Waals surface area contributed by atoms with Crippen molar-refractivity contribution in [2.75, 3.05) is 21.3 Å². The number of methoxy groups -OCH3 is 3. The topological polar surface area (TPSA) is 70.0 Å². The van der Waals surface area contributed by atoms with Crippen LogP contribution in [0.3, 0.4) is 0 Å². The minimum Gasteiger partial charge on any atom is -0.496 e. The molecular weight excluding hydrogens is 382 g/mol. The molecule has 3 atom stereocenters. The third-order valence-corrected chi connectivity index (χ3v) is 6.42. The van der Waals surface area contributed by atoms with Gasteiger partial charge in [0.15, 0.2) is 11.5 Å². The van der Waals surface area contributed by atoms with Crippen molar-refractivity contribution in [1.29, 1.82) is 0 Å². The highest BCUT2D eigenvalue weighted by atomic mass is 16.5. The van der Waals surface area contributed by atoms with Crippen LogP contribution < -0.4 is 14.2 Å². The number of aromatic nitrogens is 1. The molecule has 1 aromatic heterocycles. The van der Waals surface area contributed by atoms with Crippen molar-refractivity contribution in [2.45, 2.75) is 37.6 Å². The Morgan fingerprint density at radius 3 is 2.47 bits per heavy atom. The van der Waals surface area contributed by atoms with Gasteiger partial charge in [-0.25, -0.2) is 4.98 Å². The number of hydrogen-bond donors (Lipinski definition) is 1. The zero-order valence-corrected chi connectivity index (χ0v) is 17.6. The molecule has 3 unspecified atom stereocenters. The van der Waals surface area contributed by atoms with Crippen molar-refractivity contribution in [3.63, 3.8) is 0 Å². The standard InChI is InChI=1S/C24H25NO5/c1-13-22(28-3)23(29-4)21-16(25-13)10-9-15-20(21)18-11-12-19(30-18)24(15,26)14-7-5-6-8-17(14)27-2/h5-10,18-19,26H,11-12H2,1-4H3. The molecule has 2 aromatic carbocycles. The SMILES string of the molecule is COc1ccccc1C1(O)c2ccc3nc(C)c(OC)c(OC)c3c2C2CCC1O2. The molecule has 2 aliphatic rings. The van der Waals surface area contributed by atoms with Crippen LogP contribution in [0.15, 0.2) is 36.4 Å². The summed E-state index contributed by atoms with van der Waals surface area (Å²) in [5, 5.41) is 13.0. The highest BCUT2D eigenvalue weighted by molar-refractivity contribution is 5.93. The van der Waals surface area contributed by atoms with Gasteiger partial charge in [-0.1, -0.05) is 24.3 Å². The van der Waals surface area contributed by atoms with Gasteiger partial charge in [0.1, 0.15) is 11.4 Å². The monoisotopic (exact) mass is 407 g/mol. The summed E-state index contributed by atoms with van der Waals surface area (Å²) in [5.41, 5.74) is 2.63. The molecule has 1 saturated heterocycles. The average molecular weight is 407 g/mol. The Morgan fingerprint density at radius 1 is 0.967 bits per heavy atom. The van der Waals surface area contributed by atoms with E-state index in [4.69, 9.17) is 23.9 Å². The van der Waals surface area contributed by atoms with Gasteiger partial charge >= 0.3 is 0 Å². The van der Waals surface area contributed by atoms with E-state index in [2.05, 4.69) is 0 Å². The number of nitrogens with zero attached hydrogens (tertiary/aromatic N) is 1. The van der Waals surface area contributed by atoms with Gasteiger partial charge in [0.25, 0.3) is 0 Å². The van der Waals surface area contributed by atoms with Gasteiger partial charge in [-0.2, -0.15) is 0 Å². The molecule has 2 bridgehead atoms. The lowest BCUT2D eigenvalue weighted by atomic mass is 9.77. The van der Waals surface area contributed by atoms with E-state index in [-0.39, 0.29) is 12.2 Å². The first-order valence-electron chi connectivity index (χ1n) is 10.1. The van der Waals surface area contributed by atoms with E-state index in [0.717, 1.165) is 40.6 Å². The number of rotatable bonds is 4. The van der Waals surface area contributed by atoms with Crippen molar-refractivity contribution in [3.05, 3.63) is 58.8 Å². The summed E-state index contributed by atoms with van der Waals surface area (Å²) in [6.45, 7) is 1.90. The second-order valence-corrected chi connectivity index (χ2v) is 7.84. The maximum Gasteiger partial charge on any atom is 0.182 e. The lowest BCUT2D eigenvalue weighted by Gasteiger charge is -2.41. The lowest BCUT2D eigenvalue weighted by molar-refractivity contribution is -0.102. The highest BCUT2D eigenvalue weighted by Crippen LogP contribution is 2.56. The molecular formula is C24H25NO5. The second-order valence-electron chi connectivity index (χ2n) is 7.84. The summed E-state index contributed by atoms with van der Waals surface area (Å²) in [7, 11) is 4.86. The van der Waals surface area contributed by atoms with E-state index in [1.54, 1.807) is 21.3 Å². The van der Waals surface area contributed by atoms with Crippen LogP contribution in [0, 0.1) is 6.92 Å². The van der Waals surface area contributed by atoms with Gasteiger partial charge in [0.05, 0.1) is 50.1 Å². The van der Waals surface area contributed by atoms with Gasteiger partial charge in [-0.3, -0.25) is 0 Å². The molecule has 30 heavy (non-hydrogen) atoms. The lowest BCUT2D eigenvalue weighted by Crippen LogP contribution is -2.44. The molecule has 3 aromatic rings. The molecule has 6 heteroatoms. The highest BCUT2D eigenvalue weighted by Gasteiger charge is 2.53. The van der Waals surface area contributed by atoms with Gasteiger partial charge in [0, 0.05) is 11.1 Å². The molecule has 0 aliphatic carbocycles. The molecule has 0 radical (unpaired) electrons. The molecule has 1 N–H and O–H groups in total. The number of pyridine rings is 1. The third-order valence-electron chi connectivity index (χ3n) is 6.42. The van der Waals surface area contributed by atoms with Crippen LogP contribution in [0.25, 0.3) is 10.9 Å². The van der Waals surface area contributed by atoms with Gasteiger partial charge < -0.3 is 24.1 Å². The summed E-state index contributed by atoms with van der Waals surface area (Å²) >= 11 is 0. The Bertz CT molecular complexity index is 1140. The van der Waals surface area contributed by atoms with Crippen molar-refractivity contribution >= 4 is 10.9 Å². The van der Waals surface area contributed by atoms with Crippen LogP contribution in [0.1, 0.15) is 41.3 Å². The minimum atomic E-state index is -1.34. The summed E-state index contributed by atoms with van der Waals surface area (Å²) in [5.74, 6) is 1.85. The zero-order chi connectivity index (χ0) is 21.0. The molecule has 0 amide bonds. The summed E-state index contributed by atoms with van der Waals surface area (Å²) in [6.07, 6.45) is 1.07. The number of benzene rings is 2. The summed E-state index contributed by atoms with van der Waals surface area (Å²) < 4.78 is 23.4. The Balaban J connectivity index is 1.88. The number of aliphatic hydroxyl groups is 1. The van der Waals surface area contributed by atoms with Crippen LogP contribution >= 0.6 is 0 Å². The molecule has 6 nitrogen and oxygen atoms in total. The molecule has 156 valence electrons. The van der Waals surface area contributed by atoms with Crippen molar-refractivity contribution in [2.24, 2.45) is 0 Å². The Labute approximate surface area is 175 Å². The number of ether oxygens (including phenoxy) is 4. The van der Waals surface area contributed by atoms with Crippen molar-refractivity contribution in [1.82, 2.24) is 4.98 Å². The van der Waals surface area contributed by atoms with Crippen LogP contribution in [0.5, 0.6) is 17.2 Å². The third kappa shape index (κ3) is 2.41. The molecule has 3 heterocycles. The first-order valence-corrected chi connectivity index (χ1v) is 10.1. The molecule has 5 rings (SSSR count).